The van der Waals surface area contributed by atoms with Gasteiger partial charge < -0.3 is 19.5 Å². The van der Waals surface area contributed by atoms with Gasteiger partial charge in [-0.1, -0.05) is 13.0 Å². The van der Waals surface area contributed by atoms with Crippen molar-refractivity contribution in [2.24, 2.45) is 5.92 Å². The second-order valence-corrected chi connectivity index (χ2v) is 13.3. The molecule has 1 aliphatic carbocycles. The van der Waals surface area contributed by atoms with Crippen molar-refractivity contribution in [1.82, 2.24) is 19.9 Å². The number of ether oxygens (including phenoxy) is 2. The fraction of sp³-hybridized carbons (Fsp3) is 0.471. The Morgan fingerprint density at radius 2 is 1.98 bits per heavy atom. The van der Waals surface area contributed by atoms with Crippen molar-refractivity contribution in [1.29, 1.82) is 5.26 Å². The summed E-state index contributed by atoms with van der Waals surface area (Å²) >= 11 is 0. The van der Waals surface area contributed by atoms with E-state index in [-0.39, 0.29) is 58.9 Å². The molecular formula is C34H33F3N6O3. The molecule has 9 nitrogen and oxygen atoms in total. The van der Waals surface area contributed by atoms with Gasteiger partial charge >= 0.3 is 6.01 Å². The number of anilines is 1. The number of fused-ring (bicyclic) bond motifs is 2. The lowest BCUT2D eigenvalue weighted by molar-refractivity contribution is 0.104. The Labute approximate surface area is 263 Å². The van der Waals surface area contributed by atoms with Gasteiger partial charge in [0.25, 0.3) is 0 Å². The summed E-state index contributed by atoms with van der Waals surface area (Å²) < 4.78 is 59.0. The average molecular weight is 631 g/mol. The van der Waals surface area contributed by atoms with E-state index in [1.165, 1.54) is 18.2 Å². The number of pyridine rings is 1. The summed E-state index contributed by atoms with van der Waals surface area (Å²) in [6.07, 6.45) is 2.52. The summed E-state index contributed by atoms with van der Waals surface area (Å²) in [5.41, 5.74) is -0.731. The molecule has 46 heavy (non-hydrogen) atoms. The number of phenols is 1. The van der Waals surface area contributed by atoms with Gasteiger partial charge in [0, 0.05) is 25.6 Å². The molecule has 1 saturated carbocycles. The van der Waals surface area contributed by atoms with Crippen LogP contribution in [0.2, 0.25) is 0 Å². The predicted molar refractivity (Wildman–Crippen MR) is 165 cm³/mol. The normalized spacial score (nSPS) is 27.0. The highest BCUT2D eigenvalue weighted by atomic mass is 19.1. The lowest BCUT2D eigenvalue weighted by Gasteiger charge is -2.50. The van der Waals surface area contributed by atoms with Crippen molar-refractivity contribution >= 4 is 27.5 Å². The first kappa shape index (κ1) is 29.1. The number of halogens is 3. The van der Waals surface area contributed by atoms with E-state index < -0.39 is 28.9 Å². The molecule has 2 saturated heterocycles. The van der Waals surface area contributed by atoms with E-state index in [0.29, 0.717) is 54.4 Å². The fourth-order valence-corrected chi connectivity index (χ4v) is 8.24. The lowest BCUT2D eigenvalue weighted by Crippen LogP contribution is -2.59. The molecule has 0 unspecified atom stereocenters. The molecule has 238 valence electrons. The Hall–Kier alpha value is -4.37. The van der Waals surface area contributed by atoms with Gasteiger partial charge in [0.05, 0.1) is 23.1 Å². The highest BCUT2D eigenvalue weighted by Crippen LogP contribution is 2.50. The molecule has 3 fully saturated rings. The fourth-order valence-electron chi connectivity index (χ4n) is 8.24. The molecule has 4 aliphatic rings. The summed E-state index contributed by atoms with van der Waals surface area (Å²) in [6.45, 7) is 3.29. The smallest absolute Gasteiger partial charge is 0.319 e. The summed E-state index contributed by atoms with van der Waals surface area (Å²) in [5.74, 6) is -1.08. The van der Waals surface area contributed by atoms with Crippen LogP contribution in [0.3, 0.4) is 0 Å². The molecule has 12 heteroatoms. The molecule has 5 heterocycles. The summed E-state index contributed by atoms with van der Waals surface area (Å²) in [5, 5.41) is 21.4. The van der Waals surface area contributed by atoms with Crippen LogP contribution in [0.4, 0.5) is 19.0 Å². The summed E-state index contributed by atoms with van der Waals surface area (Å²) in [6, 6.07) is 8.01. The second kappa shape index (κ2) is 10.3. The quantitative estimate of drug-likeness (QED) is 0.291. The molecule has 8 rings (SSSR count). The van der Waals surface area contributed by atoms with Crippen LogP contribution >= 0.6 is 0 Å². The number of alkyl halides is 1. The summed E-state index contributed by atoms with van der Waals surface area (Å²) in [4.78, 5) is 18.0. The van der Waals surface area contributed by atoms with Crippen molar-refractivity contribution < 1.29 is 27.8 Å². The van der Waals surface area contributed by atoms with Crippen LogP contribution < -0.4 is 14.4 Å². The van der Waals surface area contributed by atoms with Gasteiger partial charge in [-0.2, -0.15) is 15.2 Å². The Kier molecular flexibility index (Phi) is 6.52. The van der Waals surface area contributed by atoms with Crippen LogP contribution in [0.25, 0.3) is 32.9 Å². The Bertz CT molecular complexity index is 1960. The van der Waals surface area contributed by atoms with Gasteiger partial charge in [0.15, 0.2) is 5.82 Å². The van der Waals surface area contributed by atoms with Crippen molar-refractivity contribution in [3.05, 3.63) is 41.5 Å². The minimum Gasteiger partial charge on any atom is -0.508 e. The number of benzene rings is 2. The molecule has 0 amide bonds. The van der Waals surface area contributed by atoms with Crippen molar-refractivity contribution in [3.63, 3.8) is 0 Å². The van der Waals surface area contributed by atoms with E-state index >= 15 is 8.78 Å². The topological polar surface area (TPSA) is 108 Å². The van der Waals surface area contributed by atoms with Crippen LogP contribution in [-0.4, -0.2) is 75.6 Å². The number of likely N-dealkylation sites (N-methyl/N-ethyl adjacent to an activating group) is 1. The lowest BCUT2D eigenvalue weighted by atomic mass is 9.68. The summed E-state index contributed by atoms with van der Waals surface area (Å²) in [7, 11) is 1.84. The molecule has 1 N–H and O–H groups in total. The van der Waals surface area contributed by atoms with E-state index in [1.807, 2.05) is 18.9 Å². The zero-order chi connectivity index (χ0) is 32.0. The van der Waals surface area contributed by atoms with Crippen LogP contribution in [-0.2, 0) is 6.42 Å². The number of nitrogens with zero attached hydrogens (tertiary/aromatic N) is 6. The van der Waals surface area contributed by atoms with Crippen LogP contribution in [0, 0.1) is 28.9 Å². The van der Waals surface area contributed by atoms with Crippen LogP contribution in [0.15, 0.2) is 24.3 Å². The average Bonchev–Trinajstić information content (AvgIpc) is 3.51. The zero-order valence-corrected chi connectivity index (χ0v) is 25.6. The van der Waals surface area contributed by atoms with Crippen molar-refractivity contribution in [2.75, 3.05) is 38.3 Å². The van der Waals surface area contributed by atoms with E-state index in [9.17, 15) is 14.8 Å². The van der Waals surface area contributed by atoms with Crippen molar-refractivity contribution in [3.8, 4) is 35.0 Å². The molecule has 2 atom stereocenters. The van der Waals surface area contributed by atoms with Gasteiger partial charge in [-0.25, -0.2) is 18.2 Å². The van der Waals surface area contributed by atoms with Gasteiger partial charge in [0.2, 0.25) is 5.88 Å². The minimum absolute atomic E-state index is 0.0610. The first-order chi connectivity index (χ1) is 22.1. The largest absolute Gasteiger partial charge is 0.508 e. The van der Waals surface area contributed by atoms with Gasteiger partial charge in [-0.3, -0.25) is 4.90 Å². The van der Waals surface area contributed by atoms with Gasteiger partial charge in [0.1, 0.15) is 53.4 Å². The molecule has 0 bridgehead atoms. The second-order valence-electron chi connectivity index (χ2n) is 13.3. The van der Waals surface area contributed by atoms with E-state index in [4.69, 9.17) is 14.5 Å². The Morgan fingerprint density at radius 3 is 2.76 bits per heavy atom. The van der Waals surface area contributed by atoms with Crippen molar-refractivity contribution in [2.45, 2.75) is 62.7 Å². The number of hydrogen-bond donors (Lipinski definition) is 1. The van der Waals surface area contributed by atoms with Gasteiger partial charge in [-0.05, 0) is 73.2 Å². The number of rotatable bonds is 5. The number of aryl methyl sites for hydroxylation is 1. The van der Waals surface area contributed by atoms with Crippen LogP contribution in [0.5, 0.6) is 17.6 Å². The number of nitriles is 1. The predicted octanol–water partition coefficient (Wildman–Crippen LogP) is 5.85. The highest BCUT2D eigenvalue weighted by Gasteiger charge is 2.52. The maximum Gasteiger partial charge on any atom is 0.319 e. The van der Waals surface area contributed by atoms with Gasteiger partial charge in [-0.15, -0.1) is 0 Å². The van der Waals surface area contributed by atoms with E-state index in [0.717, 1.165) is 19.4 Å². The maximum absolute atomic E-state index is 17.0. The molecule has 4 aromatic rings. The standard InChI is InChI=1S/C34H33F3N6O3/c1-3-22-24(36)6-5-19-9-21(44)10-23(25(19)22)28-27(37)29-26-30(42(2)34(11-18(12-34)14-38)17-45-31(26)39-28)41-32(40-29)46-16-33-7-4-8-43(33)15-20(35)13-33/h5-6,9-10,18,20,44H,3-4,7-8,11-13,15-17H2,1-2H3/t18?,20-,33+,34?/m1/s1. The monoisotopic (exact) mass is 630 g/mol. The molecule has 1 spiro atoms. The Balaban J connectivity index is 1.32. The molecular weight excluding hydrogens is 597 g/mol. The maximum atomic E-state index is 17.0. The Morgan fingerprint density at radius 1 is 1.15 bits per heavy atom. The third kappa shape index (κ3) is 4.20. The van der Waals surface area contributed by atoms with E-state index in [1.54, 1.807) is 6.07 Å². The SMILES string of the molecule is CCc1c(F)ccc2cc(O)cc(-c3nc4c5c(nc(OC[C@@]67CCCN6C[C@H](F)C7)nc5c3F)N(C)C3(CO4)CC(C#N)C3)c12. The molecule has 0 radical (unpaired) electrons. The number of phenolic OH excluding ortho intramolecular Hbond substituents is 1. The van der Waals surface area contributed by atoms with Crippen LogP contribution in [0.1, 0.15) is 44.6 Å². The zero-order valence-electron chi connectivity index (χ0n) is 25.6. The van der Waals surface area contributed by atoms with E-state index in [2.05, 4.69) is 20.9 Å². The third-order valence-corrected chi connectivity index (χ3v) is 10.6. The third-order valence-electron chi connectivity index (χ3n) is 10.6. The highest BCUT2D eigenvalue weighted by molar-refractivity contribution is 6.03. The first-order valence-corrected chi connectivity index (χ1v) is 15.8. The first-order valence-electron chi connectivity index (χ1n) is 15.8. The minimum atomic E-state index is -0.940. The number of aromatic hydroxyl groups is 1. The molecule has 2 aromatic heterocycles. The molecule has 3 aliphatic heterocycles. The number of aromatic nitrogens is 3. The number of hydrogen-bond acceptors (Lipinski definition) is 9. The molecule has 2 aromatic carbocycles.